The molecule has 1 unspecified atom stereocenters. The minimum Gasteiger partial charge on any atom is -0.481 e. The zero-order chi connectivity index (χ0) is 20.1. The van der Waals surface area contributed by atoms with Gasteiger partial charge in [-0.05, 0) is 36.6 Å². The molecule has 3 aromatic rings. The van der Waals surface area contributed by atoms with Crippen molar-refractivity contribution in [3.8, 4) is 11.1 Å². The molecule has 0 bridgehead atoms. The zero-order valence-corrected chi connectivity index (χ0v) is 15.6. The van der Waals surface area contributed by atoms with E-state index in [1.165, 1.54) is 0 Å². The van der Waals surface area contributed by atoms with Gasteiger partial charge in [0.05, 0.1) is 5.92 Å². The summed E-state index contributed by atoms with van der Waals surface area (Å²) >= 11 is 0. The Balaban J connectivity index is 1.73. The summed E-state index contributed by atoms with van der Waals surface area (Å²) in [5.41, 5.74) is 9.79. The molecule has 3 rings (SSSR count). The Morgan fingerprint density at radius 2 is 1.68 bits per heavy atom. The Kier molecular flexibility index (Phi) is 5.84. The van der Waals surface area contributed by atoms with E-state index in [9.17, 15) is 14.7 Å². The van der Waals surface area contributed by atoms with Crippen LogP contribution in [0.4, 0.5) is 5.82 Å². The van der Waals surface area contributed by atoms with Gasteiger partial charge in [0.1, 0.15) is 5.82 Å². The molecular formula is C23H22N2O3. The SMILES string of the molecule is Cc1nc(N)ccc1-c1ccc(C(=O)CC(Cc2ccccc2)C(=O)O)cc1. The van der Waals surface area contributed by atoms with Crippen molar-refractivity contribution in [2.45, 2.75) is 19.8 Å². The summed E-state index contributed by atoms with van der Waals surface area (Å²) in [6.45, 7) is 1.88. The number of carbonyl (C=O) groups excluding carboxylic acids is 1. The van der Waals surface area contributed by atoms with Gasteiger partial charge in [-0.15, -0.1) is 0 Å². The molecule has 142 valence electrons. The van der Waals surface area contributed by atoms with Crippen molar-refractivity contribution in [1.29, 1.82) is 0 Å². The summed E-state index contributed by atoms with van der Waals surface area (Å²) < 4.78 is 0. The lowest BCUT2D eigenvalue weighted by molar-refractivity contribution is -0.141. The summed E-state index contributed by atoms with van der Waals surface area (Å²) in [5.74, 6) is -1.43. The first kappa shape index (κ1) is 19.3. The fourth-order valence-corrected chi connectivity index (χ4v) is 3.21. The van der Waals surface area contributed by atoms with Crippen LogP contribution in [-0.2, 0) is 11.2 Å². The number of carbonyl (C=O) groups is 2. The summed E-state index contributed by atoms with van der Waals surface area (Å²) in [7, 11) is 0. The van der Waals surface area contributed by atoms with Crippen molar-refractivity contribution < 1.29 is 14.7 Å². The number of carboxylic acid groups (broad SMARTS) is 1. The third-order valence-corrected chi connectivity index (χ3v) is 4.73. The van der Waals surface area contributed by atoms with Crippen LogP contribution in [0.1, 0.15) is 28.0 Å². The van der Waals surface area contributed by atoms with E-state index in [4.69, 9.17) is 5.73 Å². The number of aromatic nitrogens is 1. The van der Waals surface area contributed by atoms with Crippen LogP contribution < -0.4 is 5.73 Å². The Labute approximate surface area is 163 Å². The zero-order valence-electron chi connectivity index (χ0n) is 15.6. The van der Waals surface area contributed by atoms with E-state index in [2.05, 4.69) is 4.98 Å². The molecule has 0 aliphatic heterocycles. The number of Topliss-reactive ketones (excluding diaryl/α,β-unsaturated/α-hetero) is 1. The van der Waals surface area contributed by atoms with Gasteiger partial charge in [0, 0.05) is 23.2 Å². The molecule has 0 radical (unpaired) electrons. The van der Waals surface area contributed by atoms with Gasteiger partial charge < -0.3 is 10.8 Å². The molecule has 0 fully saturated rings. The highest BCUT2D eigenvalue weighted by molar-refractivity contribution is 5.98. The predicted octanol–water partition coefficient (Wildman–Crippen LogP) is 4.16. The second-order valence-corrected chi connectivity index (χ2v) is 6.80. The fourth-order valence-electron chi connectivity index (χ4n) is 3.21. The van der Waals surface area contributed by atoms with E-state index in [0.29, 0.717) is 17.8 Å². The highest BCUT2D eigenvalue weighted by Crippen LogP contribution is 2.24. The number of nitrogens with two attached hydrogens (primary N) is 1. The topological polar surface area (TPSA) is 93.3 Å². The van der Waals surface area contributed by atoms with Crippen molar-refractivity contribution >= 4 is 17.6 Å². The van der Waals surface area contributed by atoms with Crippen molar-refractivity contribution in [2.75, 3.05) is 5.73 Å². The molecular weight excluding hydrogens is 352 g/mol. The molecule has 0 saturated carbocycles. The maximum absolute atomic E-state index is 12.6. The molecule has 0 saturated heterocycles. The quantitative estimate of drug-likeness (QED) is 0.606. The van der Waals surface area contributed by atoms with E-state index in [1.807, 2.05) is 55.5 Å². The number of hydrogen-bond donors (Lipinski definition) is 2. The van der Waals surface area contributed by atoms with Crippen molar-refractivity contribution in [3.63, 3.8) is 0 Å². The number of nitrogens with zero attached hydrogens (tertiary/aromatic N) is 1. The van der Waals surface area contributed by atoms with Crippen LogP contribution in [0.3, 0.4) is 0 Å². The van der Waals surface area contributed by atoms with Gasteiger partial charge in [0.15, 0.2) is 5.78 Å². The third-order valence-electron chi connectivity index (χ3n) is 4.73. The third kappa shape index (κ3) is 4.62. The van der Waals surface area contributed by atoms with Crippen molar-refractivity contribution in [3.05, 3.63) is 83.6 Å². The van der Waals surface area contributed by atoms with Crippen molar-refractivity contribution in [1.82, 2.24) is 4.98 Å². The van der Waals surface area contributed by atoms with Gasteiger partial charge in [-0.2, -0.15) is 0 Å². The fraction of sp³-hybridized carbons (Fsp3) is 0.174. The summed E-state index contributed by atoms with van der Waals surface area (Å²) in [6, 6.07) is 20.1. The smallest absolute Gasteiger partial charge is 0.307 e. The molecule has 1 heterocycles. The lowest BCUT2D eigenvalue weighted by Crippen LogP contribution is -2.20. The monoisotopic (exact) mass is 374 g/mol. The van der Waals surface area contributed by atoms with Gasteiger partial charge in [0.2, 0.25) is 0 Å². The number of anilines is 1. The average molecular weight is 374 g/mol. The first-order chi connectivity index (χ1) is 13.4. The Hall–Kier alpha value is -3.47. The second-order valence-electron chi connectivity index (χ2n) is 6.80. The number of hydrogen-bond acceptors (Lipinski definition) is 4. The lowest BCUT2D eigenvalue weighted by atomic mass is 9.91. The van der Waals surface area contributed by atoms with Crippen LogP contribution >= 0.6 is 0 Å². The van der Waals surface area contributed by atoms with Crippen LogP contribution in [0.15, 0.2) is 66.7 Å². The number of ketones is 1. The Morgan fingerprint density at radius 3 is 2.29 bits per heavy atom. The summed E-state index contributed by atoms with van der Waals surface area (Å²) in [4.78, 5) is 28.5. The van der Waals surface area contributed by atoms with E-state index in [-0.39, 0.29) is 12.2 Å². The van der Waals surface area contributed by atoms with Crippen LogP contribution in [-0.4, -0.2) is 21.8 Å². The highest BCUT2D eigenvalue weighted by atomic mass is 16.4. The maximum Gasteiger partial charge on any atom is 0.307 e. The molecule has 5 nitrogen and oxygen atoms in total. The molecule has 0 aliphatic carbocycles. The van der Waals surface area contributed by atoms with Crippen LogP contribution in [0.25, 0.3) is 11.1 Å². The molecule has 1 atom stereocenters. The number of pyridine rings is 1. The van der Waals surface area contributed by atoms with Gasteiger partial charge in [-0.25, -0.2) is 4.98 Å². The molecule has 3 N–H and O–H groups in total. The normalized spacial score (nSPS) is 11.8. The number of carboxylic acids is 1. The number of aryl methyl sites for hydroxylation is 1. The lowest BCUT2D eigenvalue weighted by Gasteiger charge is -2.12. The van der Waals surface area contributed by atoms with Crippen molar-refractivity contribution in [2.24, 2.45) is 5.92 Å². The summed E-state index contributed by atoms with van der Waals surface area (Å²) in [5, 5.41) is 9.51. The largest absolute Gasteiger partial charge is 0.481 e. The average Bonchev–Trinajstić information content (AvgIpc) is 2.68. The van der Waals surface area contributed by atoms with Gasteiger partial charge in [-0.1, -0.05) is 54.6 Å². The predicted molar refractivity (Wildman–Crippen MR) is 109 cm³/mol. The minimum absolute atomic E-state index is 0.0357. The van der Waals surface area contributed by atoms with E-state index < -0.39 is 11.9 Å². The van der Waals surface area contributed by atoms with E-state index in [1.54, 1.807) is 18.2 Å². The molecule has 5 heteroatoms. The number of benzene rings is 2. The number of nitrogen functional groups attached to an aromatic ring is 1. The molecule has 28 heavy (non-hydrogen) atoms. The second kappa shape index (κ2) is 8.48. The first-order valence-corrected chi connectivity index (χ1v) is 9.07. The molecule has 0 spiro atoms. The minimum atomic E-state index is -0.961. The Bertz CT molecular complexity index is 982. The maximum atomic E-state index is 12.6. The van der Waals surface area contributed by atoms with Gasteiger partial charge in [-0.3, -0.25) is 9.59 Å². The molecule has 0 aliphatic rings. The van der Waals surface area contributed by atoms with Crippen LogP contribution in [0.5, 0.6) is 0 Å². The first-order valence-electron chi connectivity index (χ1n) is 9.07. The van der Waals surface area contributed by atoms with Gasteiger partial charge >= 0.3 is 5.97 Å². The summed E-state index contributed by atoms with van der Waals surface area (Å²) in [6.07, 6.45) is 0.294. The highest BCUT2D eigenvalue weighted by Gasteiger charge is 2.22. The Morgan fingerprint density at radius 1 is 1.00 bits per heavy atom. The molecule has 2 aromatic carbocycles. The number of rotatable bonds is 7. The standard InChI is InChI=1S/C23H22N2O3/c1-15-20(11-12-22(24)25-15)17-7-9-18(10-8-17)21(26)14-19(23(27)28)13-16-5-3-2-4-6-16/h2-12,19H,13-14H2,1H3,(H2,24,25)(H,27,28). The van der Waals surface area contributed by atoms with E-state index in [0.717, 1.165) is 22.4 Å². The van der Waals surface area contributed by atoms with Gasteiger partial charge in [0.25, 0.3) is 0 Å². The van der Waals surface area contributed by atoms with Crippen LogP contribution in [0.2, 0.25) is 0 Å². The molecule has 1 aromatic heterocycles. The molecule has 0 amide bonds. The number of aliphatic carboxylic acids is 1. The van der Waals surface area contributed by atoms with E-state index >= 15 is 0 Å². The van der Waals surface area contributed by atoms with Crippen LogP contribution in [0, 0.1) is 12.8 Å².